The summed E-state index contributed by atoms with van der Waals surface area (Å²) < 4.78 is 19.9. The average molecular weight is 498 g/mol. The van der Waals surface area contributed by atoms with Crippen LogP contribution in [-0.2, 0) is 28.8 Å². The van der Waals surface area contributed by atoms with Gasteiger partial charge in [0.05, 0.1) is 0 Å². The molecule has 12 heteroatoms. The van der Waals surface area contributed by atoms with Gasteiger partial charge in [-0.1, -0.05) is 0 Å². The molecular weight excluding hydrogens is 476 g/mol. The second kappa shape index (κ2) is 12.5. The van der Waals surface area contributed by atoms with Crippen LogP contribution in [0.15, 0.2) is 48.6 Å². The highest BCUT2D eigenvalue weighted by molar-refractivity contribution is 6.07. The van der Waals surface area contributed by atoms with Gasteiger partial charge in [-0.05, 0) is 24.3 Å². The van der Waals surface area contributed by atoms with Gasteiger partial charge in [-0.15, -0.1) is 0 Å². The van der Waals surface area contributed by atoms with Gasteiger partial charge in [-0.3, -0.25) is 28.8 Å². The summed E-state index contributed by atoms with van der Waals surface area (Å²) in [5.74, 6) is -4.17. The molecule has 0 spiro atoms. The van der Waals surface area contributed by atoms with E-state index < -0.39 is 35.7 Å². The standard InChI is InChI=1S/C24H22N2O10/c1-13(27)33-19-7-5-17(11-21(19)35-15(3)29)25-23(31)9-10-24(32)26-18-6-8-20(34-14(2)28)22(12-18)36-16(4)30/h5-12H,1-4H3,(H,25,31)(H,26,32)/b10-9+. The molecule has 2 amide bonds. The molecule has 0 aromatic heterocycles. The van der Waals surface area contributed by atoms with E-state index in [2.05, 4.69) is 10.6 Å². The number of hydrogen-bond donors (Lipinski definition) is 2. The molecule has 2 rings (SSSR count). The fourth-order valence-electron chi connectivity index (χ4n) is 2.64. The molecule has 0 aliphatic carbocycles. The Morgan fingerprint density at radius 3 is 1.14 bits per heavy atom. The normalized spacial score (nSPS) is 10.2. The van der Waals surface area contributed by atoms with Crippen LogP contribution >= 0.6 is 0 Å². The molecule has 0 unspecified atom stereocenters. The topological polar surface area (TPSA) is 163 Å². The summed E-state index contributed by atoms with van der Waals surface area (Å²) in [5.41, 5.74) is 0.397. The highest BCUT2D eigenvalue weighted by atomic mass is 16.6. The van der Waals surface area contributed by atoms with Crippen LogP contribution in [0.3, 0.4) is 0 Å². The van der Waals surface area contributed by atoms with Gasteiger partial charge in [0.25, 0.3) is 0 Å². The fraction of sp³-hybridized carbons (Fsp3) is 0.167. The van der Waals surface area contributed by atoms with E-state index in [0.717, 1.165) is 26.0 Å². The zero-order chi connectivity index (χ0) is 26.8. The minimum absolute atomic E-state index is 0.0153. The number of nitrogens with one attached hydrogen (secondary N) is 2. The second-order valence-corrected chi connectivity index (χ2v) is 7.01. The third-order valence-corrected chi connectivity index (χ3v) is 3.82. The summed E-state index contributed by atoms with van der Waals surface area (Å²) in [6.07, 6.45) is 1.89. The van der Waals surface area contributed by atoms with Crippen molar-refractivity contribution in [3.05, 3.63) is 48.6 Å². The van der Waals surface area contributed by atoms with Crippen molar-refractivity contribution in [2.24, 2.45) is 0 Å². The van der Waals surface area contributed by atoms with Crippen molar-refractivity contribution in [1.29, 1.82) is 0 Å². The average Bonchev–Trinajstić information content (AvgIpc) is 2.74. The van der Waals surface area contributed by atoms with Crippen molar-refractivity contribution in [3.8, 4) is 23.0 Å². The van der Waals surface area contributed by atoms with E-state index in [-0.39, 0.29) is 34.4 Å². The zero-order valence-electron chi connectivity index (χ0n) is 19.7. The van der Waals surface area contributed by atoms with Crippen molar-refractivity contribution < 1.29 is 47.7 Å². The Kier molecular flexibility index (Phi) is 9.43. The highest BCUT2D eigenvalue weighted by Crippen LogP contribution is 2.32. The molecule has 0 radical (unpaired) electrons. The number of carbonyl (C=O) groups excluding carboxylic acids is 6. The number of esters is 4. The summed E-state index contributed by atoms with van der Waals surface area (Å²) in [5, 5.41) is 4.94. The Morgan fingerprint density at radius 2 is 0.833 bits per heavy atom. The van der Waals surface area contributed by atoms with Gasteiger partial charge in [0.2, 0.25) is 11.8 Å². The molecule has 0 aliphatic heterocycles. The van der Waals surface area contributed by atoms with E-state index in [9.17, 15) is 28.8 Å². The van der Waals surface area contributed by atoms with Crippen LogP contribution in [0.1, 0.15) is 27.7 Å². The van der Waals surface area contributed by atoms with Crippen molar-refractivity contribution >= 4 is 47.1 Å². The van der Waals surface area contributed by atoms with Crippen molar-refractivity contribution in [1.82, 2.24) is 0 Å². The molecule has 0 heterocycles. The van der Waals surface area contributed by atoms with Crippen LogP contribution in [-0.4, -0.2) is 35.7 Å². The van der Waals surface area contributed by atoms with Crippen LogP contribution in [0.2, 0.25) is 0 Å². The Bertz CT molecular complexity index is 1150. The molecule has 188 valence electrons. The van der Waals surface area contributed by atoms with E-state index >= 15 is 0 Å². The number of benzene rings is 2. The first-order valence-corrected chi connectivity index (χ1v) is 10.2. The van der Waals surface area contributed by atoms with Gasteiger partial charge < -0.3 is 29.6 Å². The quantitative estimate of drug-likeness (QED) is 0.314. The smallest absolute Gasteiger partial charge is 0.308 e. The van der Waals surface area contributed by atoms with Gasteiger partial charge in [-0.25, -0.2) is 0 Å². The molecule has 0 atom stereocenters. The molecule has 2 aromatic carbocycles. The van der Waals surface area contributed by atoms with E-state index in [1.54, 1.807) is 0 Å². The van der Waals surface area contributed by atoms with Crippen molar-refractivity contribution in [2.45, 2.75) is 27.7 Å². The third kappa shape index (κ3) is 9.09. The maximum absolute atomic E-state index is 12.2. The van der Waals surface area contributed by atoms with E-state index in [4.69, 9.17) is 18.9 Å². The maximum Gasteiger partial charge on any atom is 0.308 e. The maximum atomic E-state index is 12.2. The predicted molar refractivity (Wildman–Crippen MR) is 125 cm³/mol. The van der Waals surface area contributed by atoms with Crippen LogP contribution in [0.5, 0.6) is 23.0 Å². The fourth-order valence-corrected chi connectivity index (χ4v) is 2.64. The monoisotopic (exact) mass is 498 g/mol. The summed E-state index contributed by atoms with van der Waals surface area (Å²) in [6.45, 7) is 4.66. The van der Waals surface area contributed by atoms with Crippen LogP contribution in [0.4, 0.5) is 11.4 Å². The third-order valence-electron chi connectivity index (χ3n) is 3.82. The molecule has 2 aromatic rings. The van der Waals surface area contributed by atoms with Gasteiger partial charge in [0.15, 0.2) is 23.0 Å². The Hall–Kier alpha value is -5.00. The molecule has 0 fully saturated rings. The Balaban J connectivity index is 2.08. The SMILES string of the molecule is CC(=O)Oc1ccc(NC(=O)/C=C/C(=O)Nc2ccc(OC(C)=O)c(OC(C)=O)c2)cc1OC(C)=O. The van der Waals surface area contributed by atoms with Gasteiger partial charge in [0, 0.05) is 63.4 Å². The molecule has 0 bridgehead atoms. The minimum Gasteiger partial charge on any atom is -0.423 e. The van der Waals surface area contributed by atoms with Crippen molar-refractivity contribution in [3.63, 3.8) is 0 Å². The minimum atomic E-state index is -0.690. The van der Waals surface area contributed by atoms with Crippen LogP contribution in [0.25, 0.3) is 0 Å². The largest absolute Gasteiger partial charge is 0.423 e. The summed E-state index contributed by atoms with van der Waals surface area (Å²) >= 11 is 0. The molecule has 12 nitrogen and oxygen atoms in total. The number of anilines is 2. The number of carbonyl (C=O) groups is 6. The second-order valence-electron chi connectivity index (χ2n) is 7.01. The van der Waals surface area contributed by atoms with Gasteiger partial charge in [0.1, 0.15) is 0 Å². The number of hydrogen-bond acceptors (Lipinski definition) is 10. The first-order chi connectivity index (χ1) is 16.9. The lowest BCUT2D eigenvalue weighted by molar-refractivity contribution is -0.134. The van der Waals surface area contributed by atoms with Gasteiger partial charge in [-0.2, -0.15) is 0 Å². The number of amides is 2. The lowest BCUT2D eigenvalue weighted by atomic mass is 10.2. The predicted octanol–water partition coefficient (Wildman–Crippen LogP) is 2.52. The molecule has 0 aliphatic rings. The van der Waals surface area contributed by atoms with E-state index in [1.807, 2.05) is 0 Å². The van der Waals surface area contributed by atoms with Gasteiger partial charge >= 0.3 is 23.9 Å². The summed E-state index contributed by atoms with van der Waals surface area (Å²) in [7, 11) is 0. The van der Waals surface area contributed by atoms with Crippen LogP contribution < -0.4 is 29.6 Å². The Morgan fingerprint density at radius 1 is 0.528 bits per heavy atom. The lowest BCUT2D eigenvalue weighted by Gasteiger charge is -2.11. The first kappa shape index (κ1) is 27.2. The molecular formula is C24H22N2O10. The van der Waals surface area contributed by atoms with E-state index in [0.29, 0.717) is 0 Å². The molecule has 2 N–H and O–H groups in total. The lowest BCUT2D eigenvalue weighted by Crippen LogP contribution is -2.13. The van der Waals surface area contributed by atoms with E-state index in [1.165, 1.54) is 50.2 Å². The summed E-state index contributed by atoms with van der Waals surface area (Å²) in [6, 6.07) is 7.99. The molecule has 36 heavy (non-hydrogen) atoms. The highest BCUT2D eigenvalue weighted by Gasteiger charge is 2.14. The van der Waals surface area contributed by atoms with Crippen LogP contribution in [0, 0.1) is 0 Å². The molecule has 0 saturated carbocycles. The Labute approximate surface area is 205 Å². The zero-order valence-corrected chi connectivity index (χ0v) is 19.7. The van der Waals surface area contributed by atoms with Crippen molar-refractivity contribution in [2.75, 3.05) is 10.6 Å². The summed E-state index contributed by atoms with van der Waals surface area (Å²) in [4.78, 5) is 69.4. The molecule has 0 saturated heterocycles. The number of ether oxygens (including phenoxy) is 4. The first-order valence-electron chi connectivity index (χ1n) is 10.2. The number of rotatable bonds is 8.